The second-order valence-corrected chi connectivity index (χ2v) is 5.00. The van der Waals surface area contributed by atoms with E-state index in [4.69, 9.17) is 4.74 Å². The van der Waals surface area contributed by atoms with Crippen molar-refractivity contribution in [3.05, 3.63) is 41.2 Å². The van der Waals surface area contributed by atoms with E-state index in [1.54, 1.807) is 6.08 Å². The fourth-order valence-corrected chi connectivity index (χ4v) is 2.08. The lowest BCUT2D eigenvalue weighted by molar-refractivity contribution is -0.116. The van der Waals surface area contributed by atoms with Crippen molar-refractivity contribution in [1.82, 2.24) is 5.32 Å². The van der Waals surface area contributed by atoms with Gasteiger partial charge in [0.2, 0.25) is 0 Å². The van der Waals surface area contributed by atoms with Crippen molar-refractivity contribution in [2.45, 2.75) is 45.8 Å². The fraction of sp³-hybridized carbons (Fsp3) is 0.438. The fourth-order valence-electron chi connectivity index (χ4n) is 2.08. The van der Waals surface area contributed by atoms with E-state index in [2.05, 4.69) is 12.2 Å². The predicted octanol–water partition coefficient (Wildman–Crippen LogP) is 3.39. The van der Waals surface area contributed by atoms with Gasteiger partial charge in [-0.2, -0.15) is 0 Å². The van der Waals surface area contributed by atoms with Crippen molar-refractivity contribution in [2.75, 3.05) is 0 Å². The number of aryl methyl sites for hydroxylation is 1. The number of unbranched alkanes of at least 4 members (excludes halogenated alkanes) is 2. The summed E-state index contributed by atoms with van der Waals surface area (Å²) in [5, 5.41) is 2.87. The molecule has 1 N–H and O–H groups in total. The van der Waals surface area contributed by atoms with Crippen molar-refractivity contribution in [3.8, 4) is 0 Å². The lowest BCUT2D eigenvalue weighted by Gasteiger charge is -2.08. The molecule has 1 aromatic carbocycles. The zero-order chi connectivity index (χ0) is 13.7. The highest BCUT2D eigenvalue weighted by molar-refractivity contribution is 5.97. The Morgan fingerprint density at radius 3 is 2.68 bits per heavy atom. The number of ether oxygens (including phenoxy) is 1. The van der Waals surface area contributed by atoms with Crippen molar-refractivity contribution in [2.24, 2.45) is 0 Å². The second kappa shape index (κ2) is 6.41. The molecule has 1 atom stereocenters. The molecule has 0 radical (unpaired) electrons. The normalized spacial score (nSPS) is 20.4. The van der Waals surface area contributed by atoms with E-state index in [0.717, 1.165) is 18.4 Å². The van der Waals surface area contributed by atoms with Crippen molar-refractivity contribution in [3.63, 3.8) is 0 Å². The quantitative estimate of drug-likeness (QED) is 0.650. The molecule has 1 aliphatic heterocycles. The largest absolute Gasteiger partial charge is 0.465 e. The van der Waals surface area contributed by atoms with Gasteiger partial charge in [0.25, 0.3) is 5.91 Å². The minimum absolute atomic E-state index is 0.109. The van der Waals surface area contributed by atoms with Crippen LogP contribution in [0.25, 0.3) is 6.08 Å². The van der Waals surface area contributed by atoms with Gasteiger partial charge in [-0.1, -0.05) is 49.6 Å². The summed E-state index contributed by atoms with van der Waals surface area (Å²) in [7, 11) is 0. The summed E-state index contributed by atoms with van der Waals surface area (Å²) in [5.74, 6) is 0.312. The van der Waals surface area contributed by atoms with Gasteiger partial charge in [-0.25, -0.2) is 0 Å². The monoisotopic (exact) mass is 259 g/mol. The van der Waals surface area contributed by atoms with E-state index in [0.29, 0.717) is 5.76 Å². The maximum atomic E-state index is 11.8. The number of carbonyl (C=O) groups is 1. The molecule has 0 saturated carbocycles. The Hall–Kier alpha value is -1.77. The lowest BCUT2D eigenvalue weighted by atomic mass is 10.1. The number of carbonyl (C=O) groups excluding carboxylic acids is 1. The number of rotatable bonds is 5. The summed E-state index contributed by atoms with van der Waals surface area (Å²) in [6, 6.07) is 8.03. The zero-order valence-corrected chi connectivity index (χ0v) is 11.6. The van der Waals surface area contributed by atoms with Gasteiger partial charge in [-0.3, -0.25) is 4.79 Å². The summed E-state index contributed by atoms with van der Waals surface area (Å²) in [4.78, 5) is 11.8. The predicted molar refractivity (Wildman–Crippen MR) is 76.3 cm³/mol. The molecule has 1 amide bonds. The number of hydrogen-bond donors (Lipinski definition) is 1. The SMILES string of the molecule is CCCCCC1NC(=O)/C(=C/c2ccc(C)cc2)O1. The molecule has 1 heterocycles. The third-order valence-corrected chi connectivity index (χ3v) is 3.23. The zero-order valence-electron chi connectivity index (χ0n) is 11.6. The molecule has 19 heavy (non-hydrogen) atoms. The highest BCUT2D eigenvalue weighted by Crippen LogP contribution is 2.18. The van der Waals surface area contributed by atoms with Gasteiger partial charge in [0, 0.05) is 6.42 Å². The summed E-state index contributed by atoms with van der Waals surface area (Å²) >= 11 is 0. The van der Waals surface area contributed by atoms with Crippen LogP contribution in [0.5, 0.6) is 0 Å². The van der Waals surface area contributed by atoms with E-state index >= 15 is 0 Å². The Kier molecular flexibility index (Phi) is 4.61. The molecule has 1 aliphatic rings. The molecule has 1 aromatic rings. The van der Waals surface area contributed by atoms with Crippen LogP contribution in [0.15, 0.2) is 30.0 Å². The van der Waals surface area contributed by atoms with Crippen LogP contribution < -0.4 is 5.32 Å². The first-order valence-corrected chi connectivity index (χ1v) is 6.95. The molecule has 1 fully saturated rings. The third kappa shape index (κ3) is 3.85. The lowest BCUT2D eigenvalue weighted by Crippen LogP contribution is -2.25. The Morgan fingerprint density at radius 2 is 2.00 bits per heavy atom. The van der Waals surface area contributed by atoms with Gasteiger partial charge in [-0.05, 0) is 25.0 Å². The Balaban J connectivity index is 1.97. The third-order valence-electron chi connectivity index (χ3n) is 3.23. The van der Waals surface area contributed by atoms with Gasteiger partial charge < -0.3 is 10.1 Å². The van der Waals surface area contributed by atoms with Gasteiger partial charge >= 0.3 is 0 Å². The van der Waals surface area contributed by atoms with Gasteiger partial charge in [-0.15, -0.1) is 0 Å². The first-order chi connectivity index (χ1) is 9.19. The highest BCUT2D eigenvalue weighted by Gasteiger charge is 2.26. The number of benzene rings is 1. The molecule has 102 valence electrons. The standard InChI is InChI=1S/C16H21NO2/c1-3-4-5-6-15-17-16(18)14(19-15)11-13-9-7-12(2)8-10-13/h7-11,15H,3-6H2,1-2H3,(H,17,18)/b14-11-. The summed E-state index contributed by atoms with van der Waals surface area (Å²) in [6.45, 7) is 4.20. The summed E-state index contributed by atoms with van der Waals surface area (Å²) in [5.41, 5.74) is 2.20. The topological polar surface area (TPSA) is 38.3 Å². The minimum Gasteiger partial charge on any atom is -0.465 e. The van der Waals surface area contributed by atoms with E-state index in [1.165, 1.54) is 18.4 Å². The van der Waals surface area contributed by atoms with Gasteiger partial charge in [0.15, 0.2) is 12.0 Å². The molecule has 1 unspecified atom stereocenters. The van der Waals surface area contributed by atoms with Crippen LogP contribution in [0.2, 0.25) is 0 Å². The Morgan fingerprint density at radius 1 is 1.26 bits per heavy atom. The van der Waals surface area contributed by atoms with Crippen LogP contribution >= 0.6 is 0 Å². The van der Waals surface area contributed by atoms with Crippen LogP contribution in [-0.4, -0.2) is 12.1 Å². The van der Waals surface area contributed by atoms with Crippen LogP contribution in [0.3, 0.4) is 0 Å². The molecule has 0 bridgehead atoms. The first kappa shape index (κ1) is 13.7. The van der Waals surface area contributed by atoms with Crippen LogP contribution in [-0.2, 0) is 9.53 Å². The highest BCUT2D eigenvalue weighted by atomic mass is 16.5. The smallest absolute Gasteiger partial charge is 0.289 e. The maximum Gasteiger partial charge on any atom is 0.289 e. The number of nitrogens with one attached hydrogen (secondary N) is 1. The average molecular weight is 259 g/mol. The van der Waals surface area contributed by atoms with Crippen LogP contribution in [0.1, 0.15) is 43.7 Å². The molecule has 2 rings (SSSR count). The molecular formula is C16H21NO2. The molecule has 0 aliphatic carbocycles. The van der Waals surface area contributed by atoms with Crippen molar-refractivity contribution in [1.29, 1.82) is 0 Å². The first-order valence-electron chi connectivity index (χ1n) is 6.95. The molecule has 3 nitrogen and oxygen atoms in total. The second-order valence-electron chi connectivity index (χ2n) is 5.00. The minimum atomic E-state index is -0.157. The molecule has 3 heteroatoms. The maximum absolute atomic E-state index is 11.8. The average Bonchev–Trinajstić information content (AvgIpc) is 2.73. The van der Waals surface area contributed by atoms with Crippen LogP contribution in [0, 0.1) is 6.92 Å². The van der Waals surface area contributed by atoms with Crippen LogP contribution in [0.4, 0.5) is 0 Å². The Bertz CT molecular complexity index is 462. The van der Waals surface area contributed by atoms with Gasteiger partial charge in [0.05, 0.1) is 0 Å². The van der Waals surface area contributed by atoms with E-state index in [1.807, 2.05) is 31.2 Å². The molecular weight excluding hydrogens is 238 g/mol. The van der Waals surface area contributed by atoms with E-state index in [9.17, 15) is 4.79 Å². The van der Waals surface area contributed by atoms with Crippen molar-refractivity contribution < 1.29 is 9.53 Å². The molecule has 0 aromatic heterocycles. The van der Waals surface area contributed by atoms with Gasteiger partial charge in [0.1, 0.15) is 0 Å². The van der Waals surface area contributed by atoms with Crippen molar-refractivity contribution >= 4 is 12.0 Å². The molecule has 1 saturated heterocycles. The van der Waals surface area contributed by atoms with E-state index in [-0.39, 0.29) is 12.1 Å². The molecule has 0 spiro atoms. The number of hydrogen-bond acceptors (Lipinski definition) is 2. The Labute approximate surface area is 114 Å². The number of amides is 1. The van der Waals surface area contributed by atoms with E-state index < -0.39 is 0 Å². The summed E-state index contributed by atoms with van der Waals surface area (Å²) in [6.07, 6.45) is 5.95. The summed E-state index contributed by atoms with van der Waals surface area (Å²) < 4.78 is 5.65.